The van der Waals surface area contributed by atoms with Gasteiger partial charge >= 0.3 is 5.97 Å². The third-order valence-electron chi connectivity index (χ3n) is 9.37. The van der Waals surface area contributed by atoms with Crippen molar-refractivity contribution in [3.05, 3.63) is 77.1 Å². The van der Waals surface area contributed by atoms with E-state index in [0.717, 1.165) is 49.2 Å². The van der Waals surface area contributed by atoms with Gasteiger partial charge in [0.25, 0.3) is 0 Å². The third kappa shape index (κ3) is 4.57. The van der Waals surface area contributed by atoms with Gasteiger partial charge in [-0.05, 0) is 59.4 Å². The number of piperidine rings is 1. The van der Waals surface area contributed by atoms with E-state index in [1.807, 2.05) is 11.0 Å². The van der Waals surface area contributed by atoms with E-state index in [9.17, 15) is 9.59 Å². The molecule has 2 fully saturated rings. The SMILES string of the molecule is CC[C@H]1CN2CC[C@]3(C(=O)N(Cc4ccc(C(C)(C)C)cc4)c4ccccc43)[C@@H]2C[C@@H]1/C(=C\OC)C(=O)OC. The third-order valence-corrected chi connectivity index (χ3v) is 9.37. The van der Waals surface area contributed by atoms with Gasteiger partial charge in [0.2, 0.25) is 5.91 Å². The summed E-state index contributed by atoms with van der Waals surface area (Å²) in [5, 5.41) is 0. The second-order valence-corrected chi connectivity index (χ2v) is 12.4. The minimum absolute atomic E-state index is 0.0112. The lowest BCUT2D eigenvalue weighted by Crippen LogP contribution is -2.54. The number of ether oxygens (including phenoxy) is 2. The van der Waals surface area contributed by atoms with E-state index in [4.69, 9.17) is 9.47 Å². The number of anilines is 1. The summed E-state index contributed by atoms with van der Waals surface area (Å²) in [5.74, 6) is 0.0954. The van der Waals surface area contributed by atoms with Gasteiger partial charge < -0.3 is 14.4 Å². The van der Waals surface area contributed by atoms with Crippen molar-refractivity contribution in [3.63, 3.8) is 0 Å². The smallest absolute Gasteiger partial charge is 0.337 e. The fourth-order valence-electron chi connectivity index (χ4n) is 7.28. The number of esters is 1. The Balaban J connectivity index is 1.51. The lowest BCUT2D eigenvalue weighted by Gasteiger charge is -2.45. The van der Waals surface area contributed by atoms with Crippen LogP contribution in [0.15, 0.2) is 60.4 Å². The van der Waals surface area contributed by atoms with Crippen LogP contribution < -0.4 is 4.90 Å². The van der Waals surface area contributed by atoms with Crippen LogP contribution in [-0.4, -0.2) is 50.1 Å². The second kappa shape index (κ2) is 10.5. The fraction of sp³-hybridized carbons (Fsp3) is 0.515. The Bertz CT molecular complexity index is 1260. The first-order valence-electron chi connectivity index (χ1n) is 14.2. The standard InChI is InChI=1S/C33H42N2O4/c1-7-23-20-34-17-16-33(29(34)18-25(23)26(21-38-5)30(36)39-6)27-10-8-9-11-28(27)35(31(33)37)19-22-12-14-24(15-13-22)32(2,3)4/h8-15,21,23,25,29H,7,16-20H2,1-6H3/b26-21+/t23-,25-,29-,33+/m0/s1. The van der Waals surface area contributed by atoms with Gasteiger partial charge in [0, 0.05) is 18.3 Å². The van der Waals surface area contributed by atoms with E-state index < -0.39 is 5.41 Å². The van der Waals surface area contributed by atoms with E-state index in [2.05, 4.69) is 75.1 Å². The Morgan fingerprint density at radius 1 is 1.10 bits per heavy atom. The summed E-state index contributed by atoms with van der Waals surface area (Å²) in [6.07, 6.45) is 4.00. The Labute approximate surface area is 233 Å². The molecule has 208 valence electrons. The zero-order valence-electron chi connectivity index (χ0n) is 24.2. The molecule has 6 heteroatoms. The molecule has 3 aliphatic rings. The van der Waals surface area contributed by atoms with Crippen LogP contribution in [0, 0.1) is 11.8 Å². The average molecular weight is 531 g/mol. The number of benzene rings is 2. The van der Waals surface area contributed by atoms with Crippen molar-refractivity contribution in [1.82, 2.24) is 4.90 Å². The second-order valence-electron chi connectivity index (χ2n) is 12.4. The molecule has 6 nitrogen and oxygen atoms in total. The Morgan fingerprint density at radius 2 is 1.82 bits per heavy atom. The molecule has 0 bridgehead atoms. The molecule has 39 heavy (non-hydrogen) atoms. The largest absolute Gasteiger partial charge is 0.504 e. The zero-order valence-corrected chi connectivity index (χ0v) is 24.2. The van der Waals surface area contributed by atoms with Crippen LogP contribution >= 0.6 is 0 Å². The van der Waals surface area contributed by atoms with Crippen LogP contribution in [0.2, 0.25) is 0 Å². The minimum Gasteiger partial charge on any atom is -0.504 e. The van der Waals surface area contributed by atoms with Crippen LogP contribution in [0.3, 0.4) is 0 Å². The summed E-state index contributed by atoms with van der Waals surface area (Å²) in [4.78, 5) is 31.9. The highest BCUT2D eigenvalue weighted by molar-refractivity contribution is 6.09. The molecule has 0 N–H and O–H groups in total. The summed E-state index contributed by atoms with van der Waals surface area (Å²) in [6, 6.07) is 17.0. The molecule has 0 radical (unpaired) electrons. The first-order valence-corrected chi connectivity index (χ1v) is 14.2. The molecular formula is C33H42N2O4. The molecule has 0 aromatic heterocycles. The Kier molecular flexibility index (Phi) is 7.36. The number of fused-ring (bicyclic) bond motifs is 4. The number of hydrogen-bond donors (Lipinski definition) is 0. The van der Waals surface area contributed by atoms with Gasteiger partial charge in [0.05, 0.1) is 38.0 Å². The van der Waals surface area contributed by atoms with Gasteiger partial charge in [-0.25, -0.2) is 4.79 Å². The zero-order chi connectivity index (χ0) is 27.9. The van der Waals surface area contributed by atoms with Crippen LogP contribution in [0.4, 0.5) is 5.69 Å². The van der Waals surface area contributed by atoms with Crippen LogP contribution in [-0.2, 0) is 36.4 Å². The van der Waals surface area contributed by atoms with E-state index in [0.29, 0.717) is 18.0 Å². The Hall–Kier alpha value is -3.12. The topological polar surface area (TPSA) is 59.1 Å². The lowest BCUT2D eigenvalue weighted by atomic mass is 9.67. The number of carbonyl (C=O) groups excluding carboxylic acids is 2. The molecule has 3 heterocycles. The van der Waals surface area contributed by atoms with Gasteiger partial charge in [-0.3, -0.25) is 9.69 Å². The quantitative estimate of drug-likeness (QED) is 0.277. The van der Waals surface area contributed by atoms with E-state index in [1.165, 1.54) is 12.7 Å². The molecule has 0 aliphatic carbocycles. The minimum atomic E-state index is -0.618. The van der Waals surface area contributed by atoms with Crippen molar-refractivity contribution in [1.29, 1.82) is 0 Å². The van der Waals surface area contributed by atoms with Gasteiger partial charge in [-0.2, -0.15) is 0 Å². The van der Waals surface area contributed by atoms with E-state index in [1.54, 1.807) is 13.4 Å². The van der Waals surface area contributed by atoms with Crippen molar-refractivity contribution in [2.24, 2.45) is 11.8 Å². The van der Waals surface area contributed by atoms with Crippen molar-refractivity contribution < 1.29 is 19.1 Å². The van der Waals surface area contributed by atoms with Crippen molar-refractivity contribution in [2.75, 3.05) is 32.2 Å². The van der Waals surface area contributed by atoms with E-state index >= 15 is 0 Å². The Morgan fingerprint density at radius 3 is 2.46 bits per heavy atom. The van der Waals surface area contributed by atoms with E-state index in [-0.39, 0.29) is 29.3 Å². The van der Waals surface area contributed by atoms with Crippen molar-refractivity contribution in [3.8, 4) is 0 Å². The maximum absolute atomic E-state index is 14.6. The highest BCUT2D eigenvalue weighted by atomic mass is 16.5. The molecule has 3 aliphatic heterocycles. The van der Waals surface area contributed by atoms with Crippen LogP contribution in [0.25, 0.3) is 0 Å². The first kappa shape index (κ1) is 27.4. The number of para-hydroxylation sites is 1. The van der Waals surface area contributed by atoms with Gasteiger partial charge in [-0.1, -0.05) is 76.6 Å². The first-order chi connectivity index (χ1) is 18.6. The summed E-state index contributed by atoms with van der Waals surface area (Å²) in [5.41, 5.74) is 4.58. The number of carbonyl (C=O) groups is 2. The van der Waals surface area contributed by atoms with Gasteiger partial charge in [-0.15, -0.1) is 0 Å². The molecule has 2 aromatic carbocycles. The molecule has 1 spiro atoms. The molecule has 2 saturated heterocycles. The van der Waals surface area contributed by atoms with Gasteiger partial charge in [0.15, 0.2) is 0 Å². The average Bonchev–Trinajstić information content (AvgIpc) is 3.42. The van der Waals surface area contributed by atoms with Crippen LogP contribution in [0.1, 0.15) is 63.6 Å². The number of amides is 1. The summed E-state index contributed by atoms with van der Waals surface area (Å²) in [7, 11) is 2.99. The summed E-state index contributed by atoms with van der Waals surface area (Å²) >= 11 is 0. The molecule has 4 atom stereocenters. The normalized spacial score (nSPS) is 27.0. The highest BCUT2D eigenvalue weighted by Gasteiger charge is 2.62. The fourth-order valence-corrected chi connectivity index (χ4v) is 7.28. The molecular weight excluding hydrogens is 488 g/mol. The maximum Gasteiger partial charge on any atom is 0.337 e. The molecule has 2 aromatic rings. The van der Waals surface area contributed by atoms with Crippen molar-refractivity contribution >= 4 is 17.6 Å². The molecule has 1 amide bonds. The summed E-state index contributed by atoms with van der Waals surface area (Å²) in [6.45, 7) is 11.1. The number of methoxy groups -OCH3 is 2. The molecule has 0 unspecified atom stereocenters. The summed E-state index contributed by atoms with van der Waals surface area (Å²) < 4.78 is 10.5. The molecule has 5 rings (SSSR count). The number of rotatable bonds is 6. The highest BCUT2D eigenvalue weighted by Crippen LogP contribution is 2.55. The monoisotopic (exact) mass is 530 g/mol. The predicted octanol–water partition coefficient (Wildman–Crippen LogP) is 5.59. The molecule has 0 saturated carbocycles. The number of nitrogens with zero attached hydrogens (tertiary/aromatic N) is 2. The van der Waals surface area contributed by atoms with Crippen LogP contribution in [0.5, 0.6) is 0 Å². The lowest BCUT2D eigenvalue weighted by molar-refractivity contribution is -0.137. The van der Waals surface area contributed by atoms with Gasteiger partial charge in [0.1, 0.15) is 0 Å². The maximum atomic E-state index is 14.6. The predicted molar refractivity (Wildman–Crippen MR) is 153 cm³/mol. The van der Waals surface area contributed by atoms with Crippen molar-refractivity contribution in [2.45, 2.75) is 70.4 Å². The number of hydrogen-bond acceptors (Lipinski definition) is 5.